The number of oxime groups is 1. The van der Waals surface area contributed by atoms with Crippen LogP contribution in [0.1, 0.15) is 5.69 Å². The van der Waals surface area contributed by atoms with E-state index in [1.807, 2.05) is 0 Å². The molecule has 1 heterocycles. The molecule has 1 rings (SSSR count). The van der Waals surface area contributed by atoms with Crippen LogP contribution in [0, 0.1) is 0 Å². The lowest BCUT2D eigenvalue weighted by Gasteiger charge is -2.10. The van der Waals surface area contributed by atoms with E-state index in [1.54, 1.807) is 0 Å². The summed E-state index contributed by atoms with van der Waals surface area (Å²) in [6.07, 6.45) is -0.935. The van der Waals surface area contributed by atoms with Crippen molar-refractivity contribution in [3.63, 3.8) is 0 Å². The molecule has 0 atom stereocenters. The van der Waals surface area contributed by atoms with Crippen LogP contribution in [0.15, 0.2) is 10.5 Å². The van der Waals surface area contributed by atoms with Gasteiger partial charge in [0, 0.05) is 5.38 Å². The Morgan fingerprint density at radius 3 is 2.65 bits per heavy atom. The lowest BCUT2D eigenvalue weighted by atomic mass is 10.3. The summed E-state index contributed by atoms with van der Waals surface area (Å²) in [5, 5.41) is 23.3. The van der Waals surface area contributed by atoms with Gasteiger partial charge in [0.2, 0.25) is 9.50 Å². The van der Waals surface area contributed by atoms with E-state index in [4.69, 9.17) is 45.1 Å². The Balaban J connectivity index is 2.65. The number of amides is 1. The van der Waals surface area contributed by atoms with Crippen molar-refractivity contribution in [2.24, 2.45) is 5.16 Å². The largest absolute Gasteiger partial charge is 0.476 e. The van der Waals surface area contributed by atoms with Crippen molar-refractivity contribution >= 4 is 69.0 Å². The number of aliphatic carboxylic acids is 1. The molecule has 8 nitrogen and oxygen atoms in total. The molecule has 12 heteroatoms. The first kappa shape index (κ1) is 16.8. The minimum absolute atomic E-state index is 0.0247. The maximum Gasteiger partial charge on any atom is 0.413 e. The van der Waals surface area contributed by atoms with E-state index in [0.717, 1.165) is 11.3 Å². The van der Waals surface area contributed by atoms with Crippen molar-refractivity contribution in [3.8, 4) is 0 Å². The third-order valence-electron chi connectivity index (χ3n) is 1.63. The summed E-state index contributed by atoms with van der Waals surface area (Å²) in [7, 11) is 0. The quantitative estimate of drug-likeness (QED) is 0.327. The summed E-state index contributed by atoms with van der Waals surface area (Å²) >= 11 is 17.0. The van der Waals surface area contributed by atoms with E-state index in [1.165, 1.54) is 5.38 Å². The van der Waals surface area contributed by atoms with Crippen molar-refractivity contribution in [1.82, 2.24) is 4.98 Å². The Labute approximate surface area is 130 Å². The highest BCUT2D eigenvalue weighted by Gasteiger charge is 2.23. The number of carboxylic acid groups (broad SMARTS) is 1. The topological polar surface area (TPSA) is 121 Å². The van der Waals surface area contributed by atoms with Gasteiger partial charge in [-0.2, -0.15) is 0 Å². The van der Waals surface area contributed by atoms with E-state index < -0.39 is 28.2 Å². The maximum absolute atomic E-state index is 11.3. The maximum atomic E-state index is 11.3. The second-order valence-electron chi connectivity index (χ2n) is 3.11. The average molecular weight is 363 g/mol. The lowest BCUT2D eigenvalue weighted by Crippen LogP contribution is -2.21. The highest BCUT2D eigenvalue weighted by Crippen LogP contribution is 2.26. The fraction of sp³-hybridized carbons (Fsp3) is 0.250. The SMILES string of the molecule is O=C(Nc1nc(/C(=N/O)C(=O)O)cs1)OCC(Cl)(Cl)Cl. The Morgan fingerprint density at radius 1 is 1.50 bits per heavy atom. The van der Waals surface area contributed by atoms with Crippen LogP contribution < -0.4 is 5.32 Å². The van der Waals surface area contributed by atoms with Gasteiger partial charge in [0.1, 0.15) is 12.3 Å². The van der Waals surface area contributed by atoms with Gasteiger partial charge in [0.05, 0.1) is 0 Å². The molecule has 20 heavy (non-hydrogen) atoms. The monoisotopic (exact) mass is 361 g/mol. The molecule has 1 aromatic rings. The summed E-state index contributed by atoms with van der Waals surface area (Å²) in [5.74, 6) is -1.47. The van der Waals surface area contributed by atoms with Gasteiger partial charge in [-0.25, -0.2) is 14.6 Å². The predicted molar refractivity (Wildman–Crippen MR) is 73.3 cm³/mol. The molecule has 0 aliphatic carbocycles. The Hall–Kier alpha value is -1.29. The number of thiazole rings is 1. The Kier molecular flexibility index (Phi) is 5.81. The fourth-order valence-electron chi connectivity index (χ4n) is 0.914. The third-order valence-corrected chi connectivity index (χ3v) is 2.71. The van der Waals surface area contributed by atoms with Gasteiger partial charge in [-0.15, -0.1) is 11.3 Å². The van der Waals surface area contributed by atoms with Gasteiger partial charge < -0.3 is 15.1 Å². The molecule has 1 aromatic heterocycles. The van der Waals surface area contributed by atoms with Gasteiger partial charge in [0.25, 0.3) is 0 Å². The fourth-order valence-corrected chi connectivity index (χ4v) is 1.76. The molecule has 0 saturated carbocycles. The Bertz CT molecular complexity index is 542. The van der Waals surface area contributed by atoms with E-state index >= 15 is 0 Å². The summed E-state index contributed by atoms with van der Waals surface area (Å²) < 4.78 is 2.83. The number of alkyl halides is 3. The first-order valence-electron chi connectivity index (χ1n) is 4.64. The molecular weight excluding hydrogens is 357 g/mol. The van der Waals surface area contributed by atoms with Crippen LogP contribution >= 0.6 is 46.1 Å². The van der Waals surface area contributed by atoms with Crippen LogP contribution in [-0.2, 0) is 9.53 Å². The molecule has 0 aliphatic rings. The summed E-state index contributed by atoms with van der Waals surface area (Å²) in [6, 6.07) is 0. The molecule has 110 valence electrons. The number of aromatic nitrogens is 1. The minimum atomic E-state index is -1.74. The molecule has 0 aliphatic heterocycles. The lowest BCUT2D eigenvalue weighted by molar-refractivity contribution is -0.129. The number of carbonyl (C=O) groups excluding carboxylic acids is 1. The van der Waals surface area contributed by atoms with Crippen LogP contribution in [0.25, 0.3) is 0 Å². The van der Waals surface area contributed by atoms with Gasteiger partial charge in [-0.1, -0.05) is 40.0 Å². The summed E-state index contributed by atoms with van der Waals surface area (Å²) in [4.78, 5) is 25.7. The first-order valence-corrected chi connectivity index (χ1v) is 6.66. The Morgan fingerprint density at radius 2 is 2.15 bits per heavy atom. The molecule has 0 radical (unpaired) electrons. The summed E-state index contributed by atoms with van der Waals surface area (Å²) in [6.45, 7) is -0.472. The van der Waals surface area contributed by atoms with E-state index in [9.17, 15) is 9.59 Å². The van der Waals surface area contributed by atoms with Crippen LogP contribution in [-0.4, -0.2) is 43.5 Å². The molecule has 1 amide bonds. The summed E-state index contributed by atoms with van der Waals surface area (Å²) in [5.41, 5.74) is -0.786. The van der Waals surface area contributed by atoms with Crippen molar-refractivity contribution in [1.29, 1.82) is 0 Å². The second-order valence-corrected chi connectivity index (χ2v) is 6.48. The van der Waals surface area contributed by atoms with Crippen LogP contribution in [0.4, 0.5) is 9.93 Å². The number of ether oxygens (including phenoxy) is 1. The number of halogens is 3. The van der Waals surface area contributed by atoms with Crippen molar-refractivity contribution in [2.45, 2.75) is 3.79 Å². The number of hydrogen-bond donors (Lipinski definition) is 3. The highest BCUT2D eigenvalue weighted by molar-refractivity contribution is 7.14. The molecule has 0 fully saturated rings. The normalized spacial score (nSPS) is 12.1. The number of carboxylic acids is 1. The van der Waals surface area contributed by atoms with Gasteiger partial charge >= 0.3 is 12.1 Å². The van der Waals surface area contributed by atoms with Gasteiger partial charge in [0.15, 0.2) is 5.13 Å². The number of nitrogens with one attached hydrogen (secondary N) is 1. The first-order chi connectivity index (χ1) is 9.23. The second kappa shape index (κ2) is 6.93. The molecule has 0 saturated heterocycles. The zero-order valence-electron chi connectivity index (χ0n) is 9.34. The number of rotatable bonds is 4. The van der Waals surface area contributed by atoms with Gasteiger partial charge in [-0.05, 0) is 0 Å². The van der Waals surface area contributed by atoms with E-state index in [0.29, 0.717) is 0 Å². The van der Waals surface area contributed by atoms with Crippen molar-refractivity contribution in [3.05, 3.63) is 11.1 Å². The zero-order valence-corrected chi connectivity index (χ0v) is 12.4. The van der Waals surface area contributed by atoms with Crippen molar-refractivity contribution in [2.75, 3.05) is 11.9 Å². The molecule has 3 N–H and O–H groups in total. The number of carbonyl (C=O) groups is 2. The van der Waals surface area contributed by atoms with Crippen LogP contribution in [0.5, 0.6) is 0 Å². The number of nitrogens with zero attached hydrogens (tertiary/aromatic N) is 2. The molecule has 0 spiro atoms. The van der Waals surface area contributed by atoms with Crippen LogP contribution in [0.2, 0.25) is 0 Å². The molecular formula is C8H6Cl3N3O5S. The average Bonchev–Trinajstić information content (AvgIpc) is 2.74. The number of anilines is 1. The van der Waals surface area contributed by atoms with E-state index in [-0.39, 0.29) is 10.8 Å². The highest BCUT2D eigenvalue weighted by atomic mass is 35.6. The zero-order chi connectivity index (χ0) is 15.3. The van der Waals surface area contributed by atoms with Crippen LogP contribution in [0.3, 0.4) is 0 Å². The minimum Gasteiger partial charge on any atom is -0.476 e. The van der Waals surface area contributed by atoms with Gasteiger partial charge in [-0.3, -0.25) is 5.32 Å². The number of hydrogen-bond acceptors (Lipinski definition) is 7. The standard InChI is InChI=1S/C8H6Cl3N3O5S/c9-8(10,11)2-19-7(17)13-6-12-3(1-20-6)4(14-18)5(15)16/h1,18H,2H2,(H,15,16)(H,12,13,17)/b14-4-. The van der Waals surface area contributed by atoms with Crippen molar-refractivity contribution < 1.29 is 24.6 Å². The molecule has 0 unspecified atom stereocenters. The molecule has 0 aromatic carbocycles. The third kappa shape index (κ3) is 5.37. The predicted octanol–water partition coefficient (Wildman–Crippen LogP) is 2.32. The van der Waals surface area contributed by atoms with E-state index in [2.05, 4.69) is 20.2 Å². The smallest absolute Gasteiger partial charge is 0.413 e. The molecule has 0 bridgehead atoms.